The summed E-state index contributed by atoms with van der Waals surface area (Å²) in [5.41, 5.74) is 0.554. The van der Waals surface area contributed by atoms with Crippen molar-refractivity contribution in [1.82, 2.24) is 9.62 Å². The van der Waals surface area contributed by atoms with Gasteiger partial charge in [-0.05, 0) is 41.7 Å². The van der Waals surface area contributed by atoms with Crippen molar-refractivity contribution in [3.63, 3.8) is 0 Å². The number of rotatable bonds is 4. The summed E-state index contributed by atoms with van der Waals surface area (Å²) in [7, 11) is -3.22. The first-order chi connectivity index (χ1) is 11.0. The van der Waals surface area contributed by atoms with Gasteiger partial charge < -0.3 is 5.32 Å². The number of nitrogens with zero attached hydrogens (tertiary/aromatic N) is 1. The predicted octanol–water partition coefficient (Wildman–Crippen LogP) is 2.35. The molecule has 1 saturated heterocycles. The highest BCUT2D eigenvalue weighted by Crippen LogP contribution is 2.46. The molecular formula is C16H24N2O3S2. The number of amides is 1. The number of carbonyl (C=O) groups excluding carboxylic acids is 1. The maximum absolute atomic E-state index is 13.0. The van der Waals surface area contributed by atoms with Gasteiger partial charge in [-0.15, -0.1) is 0 Å². The monoisotopic (exact) mass is 356 g/mol. The van der Waals surface area contributed by atoms with Crippen LogP contribution in [-0.4, -0.2) is 37.0 Å². The van der Waals surface area contributed by atoms with E-state index in [2.05, 4.69) is 5.32 Å². The summed E-state index contributed by atoms with van der Waals surface area (Å²) in [4.78, 5) is 13.0. The minimum absolute atomic E-state index is 0.0294. The van der Waals surface area contributed by atoms with Crippen molar-refractivity contribution in [3.05, 3.63) is 22.4 Å². The van der Waals surface area contributed by atoms with Crippen molar-refractivity contribution < 1.29 is 13.2 Å². The van der Waals surface area contributed by atoms with E-state index in [0.717, 1.165) is 31.2 Å². The third kappa shape index (κ3) is 3.06. The second-order valence-corrected chi connectivity index (χ2v) is 9.32. The lowest BCUT2D eigenvalue weighted by Gasteiger charge is -2.50. The zero-order valence-electron chi connectivity index (χ0n) is 13.5. The fourth-order valence-corrected chi connectivity index (χ4v) is 6.72. The van der Waals surface area contributed by atoms with Crippen LogP contribution in [0.25, 0.3) is 0 Å². The molecule has 2 atom stereocenters. The maximum Gasteiger partial charge on any atom is 0.228 e. The number of hydrogen-bond acceptors (Lipinski definition) is 4. The molecule has 1 saturated carbocycles. The van der Waals surface area contributed by atoms with E-state index < -0.39 is 15.4 Å². The van der Waals surface area contributed by atoms with Crippen molar-refractivity contribution in [2.45, 2.75) is 51.6 Å². The van der Waals surface area contributed by atoms with Crippen LogP contribution in [0.5, 0.6) is 0 Å². The fraction of sp³-hybridized carbons (Fsp3) is 0.688. The minimum atomic E-state index is -3.22. The molecule has 1 aliphatic heterocycles. The van der Waals surface area contributed by atoms with Gasteiger partial charge >= 0.3 is 0 Å². The van der Waals surface area contributed by atoms with Gasteiger partial charge in [-0.1, -0.05) is 19.8 Å². The van der Waals surface area contributed by atoms with E-state index in [0.29, 0.717) is 19.5 Å². The molecule has 1 amide bonds. The molecule has 1 aliphatic carbocycles. The molecule has 2 aliphatic rings. The van der Waals surface area contributed by atoms with E-state index in [1.807, 2.05) is 23.8 Å². The van der Waals surface area contributed by atoms with E-state index >= 15 is 0 Å². The van der Waals surface area contributed by atoms with Crippen molar-refractivity contribution in [2.24, 2.45) is 5.41 Å². The average Bonchev–Trinajstić information content (AvgIpc) is 3.05. The van der Waals surface area contributed by atoms with E-state index in [1.165, 1.54) is 0 Å². The van der Waals surface area contributed by atoms with Crippen LogP contribution in [0.2, 0.25) is 0 Å². The molecule has 0 radical (unpaired) electrons. The van der Waals surface area contributed by atoms with Gasteiger partial charge in [0, 0.05) is 19.1 Å². The van der Waals surface area contributed by atoms with Crippen molar-refractivity contribution in [2.75, 3.05) is 12.3 Å². The zero-order chi connectivity index (χ0) is 16.5. The van der Waals surface area contributed by atoms with Crippen molar-refractivity contribution in [3.8, 4) is 0 Å². The molecule has 0 spiro atoms. The van der Waals surface area contributed by atoms with Gasteiger partial charge in [0.2, 0.25) is 15.9 Å². The van der Waals surface area contributed by atoms with Gasteiger partial charge in [0.15, 0.2) is 0 Å². The predicted molar refractivity (Wildman–Crippen MR) is 91.6 cm³/mol. The molecule has 128 valence electrons. The van der Waals surface area contributed by atoms with Crippen LogP contribution in [0.3, 0.4) is 0 Å². The maximum atomic E-state index is 13.0. The van der Waals surface area contributed by atoms with Crippen molar-refractivity contribution in [1.29, 1.82) is 0 Å². The van der Waals surface area contributed by atoms with Crippen LogP contribution >= 0.6 is 11.3 Å². The Morgan fingerprint density at radius 2 is 2.26 bits per heavy atom. The Balaban J connectivity index is 1.82. The second-order valence-electron chi connectivity index (χ2n) is 6.50. The summed E-state index contributed by atoms with van der Waals surface area (Å²) < 4.78 is 26.3. The largest absolute Gasteiger partial charge is 0.351 e. The number of hydrogen-bond donors (Lipinski definition) is 1. The van der Waals surface area contributed by atoms with Crippen molar-refractivity contribution >= 4 is 27.3 Å². The molecule has 0 unspecified atom stereocenters. The molecule has 2 fully saturated rings. The van der Waals surface area contributed by atoms with E-state index in [-0.39, 0.29) is 17.7 Å². The smallest absolute Gasteiger partial charge is 0.228 e. The molecule has 7 heteroatoms. The first-order valence-corrected chi connectivity index (χ1v) is 10.8. The van der Waals surface area contributed by atoms with Gasteiger partial charge in [0.05, 0.1) is 11.2 Å². The van der Waals surface area contributed by atoms with E-state index in [9.17, 15) is 13.2 Å². The second kappa shape index (κ2) is 6.53. The lowest BCUT2D eigenvalue weighted by Crippen LogP contribution is -2.62. The third-order valence-electron chi connectivity index (χ3n) is 5.30. The van der Waals surface area contributed by atoms with Crippen LogP contribution < -0.4 is 5.32 Å². The highest BCUT2D eigenvalue weighted by atomic mass is 32.2. The number of nitrogens with one attached hydrogen (secondary N) is 1. The lowest BCUT2D eigenvalue weighted by molar-refractivity contribution is -0.137. The van der Waals surface area contributed by atoms with Gasteiger partial charge in [-0.2, -0.15) is 15.6 Å². The number of carbonyl (C=O) groups is 1. The summed E-state index contributed by atoms with van der Waals surface area (Å²) in [6.07, 6.45) is 4.03. The fourth-order valence-electron chi connectivity index (χ4n) is 4.10. The summed E-state index contributed by atoms with van der Waals surface area (Å²) in [6.45, 7) is 2.84. The average molecular weight is 357 g/mol. The Hall–Kier alpha value is -0.920. The zero-order valence-corrected chi connectivity index (χ0v) is 15.1. The number of sulfonamides is 1. The molecule has 23 heavy (non-hydrogen) atoms. The molecule has 0 bridgehead atoms. The Morgan fingerprint density at radius 1 is 1.43 bits per heavy atom. The third-order valence-corrected chi connectivity index (χ3v) is 7.98. The molecule has 3 rings (SSSR count). The van der Waals surface area contributed by atoms with Crippen LogP contribution in [0.1, 0.15) is 44.6 Å². The van der Waals surface area contributed by atoms with E-state index in [1.54, 1.807) is 15.6 Å². The van der Waals surface area contributed by atoms with Crippen LogP contribution in [-0.2, 0) is 21.4 Å². The Kier molecular flexibility index (Phi) is 4.80. The highest BCUT2D eigenvalue weighted by molar-refractivity contribution is 7.89. The minimum Gasteiger partial charge on any atom is -0.351 e. The number of thiophene rings is 1. The summed E-state index contributed by atoms with van der Waals surface area (Å²) in [5.74, 6) is 0.116. The topological polar surface area (TPSA) is 66.5 Å². The van der Waals surface area contributed by atoms with Gasteiger partial charge in [0.1, 0.15) is 0 Å². The highest BCUT2D eigenvalue weighted by Gasteiger charge is 2.54. The van der Waals surface area contributed by atoms with Crippen LogP contribution in [0, 0.1) is 5.41 Å². The summed E-state index contributed by atoms with van der Waals surface area (Å²) in [5, 5.41) is 7.09. The quantitative estimate of drug-likeness (QED) is 0.900. The standard InChI is InChI=1S/C16H24N2O3S2/c1-2-18-14-5-3-4-7-16(14,8-10-23(18,20)21)15(19)17-11-13-6-9-22-12-13/h6,9,12,14H,2-5,7-8,10-11H2,1H3,(H,17,19)/t14-,16-/m1/s1. The van der Waals surface area contributed by atoms with Gasteiger partial charge in [-0.3, -0.25) is 4.79 Å². The SMILES string of the molecule is CCN1[C@@H]2CCCC[C@@]2(C(=O)NCc2ccsc2)CCS1(=O)=O. The van der Waals surface area contributed by atoms with Crippen LogP contribution in [0.4, 0.5) is 0 Å². The van der Waals surface area contributed by atoms with Crippen LogP contribution in [0.15, 0.2) is 16.8 Å². The first-order valence-electron chi connectivity index (χ1n) is 8.28. The molecular weight excluding hydrogens is 332 g/mol. The first kappa shape index (κ1) is 16.9. The Labute approximate surface area is 142 Å². The Morgan fingerprint density at radius 3 is 2.96 bits per heavy atom. The molecule has 1 aromatic heterocycles. The number of fused-ring (bicyclic) bond motifs is 1. The molecule has 1 aromatic rings. The normalized spacial score (nSPS) is 30.6. The Bertz CT molecular complexity index is 657. The van der Waals surface area contributed by atoms with Gasteiger partial charge in [-0.25, -0.2) is 8.42 Å². The lowest BCUT2D eigenvalue weighted by atomic mass is 9.67. The summed E-state index contributed by atoms with van der Waals surface area (Å²) >= 11 is 1.61. The molecule has 2 heterocycles. The molecule has 1 N–H and O–H groups in total. The molecule has 5 nitrogen and oxygen atoms in total. The summed E-state index contributed by atoms with van der Waals surface area (Å²) in [6, 6.07) is 1.83. The van der Waals surface area contributed by atoms with Gasteiger partial charge in [0.25, 0.3) is 0 Å². The molecule has 0 aromatic carbocycles. The van der Waals surface area contributed by atoms with E-state index in [4.69, 9.17) is 0 Å².